The van der Waals surface area contributed by atoms with Gasteiger partial charge < -0.3 is 20.1 Å². The van der Waals surface area contributed by atoms with Gasteiger partial charge in [0.2, 0.25) is 11.8 Å². The number of fused-ring (bicyclic) bond motifs is 1. The van der Waals surface area contributed by atoms with Gasteiger partial charge in [-0.2, -0.15) is 0 Å². The monoisotopic (exact) mass is 477 g/mol. The fraction of sp³-hybridized carbons (Fsp3) is 0.192. The topological polar surface area (TPSA) is 97.0 Å². The van der Waals surface area contributed by atoms with Crippen molar-refractivity contribution >= 4 is 34.8 Å². The number of rotatable bonds is 8. The van der Waals surface area contributed by atoms with E-state index in [0.29, 0.717) is 35.2 Å². The van der Waals surface area contributed by atoms with Crippen LogP contribution < -0.4 is 25.0 Å². The molecule has 3 aromatic carbocycles. The van der Waals surface area contributed by atoms with Crippen molar-refractivity contribution in [2.75, 3.05) is 28.7 Å². The van der Waals surface area contributed by atoms with Crippen LogP contribution >= 0.6 is 0 Å². The Labute approximate surface area is 201 Å². The van der Waals surface area contributed by atoms with Crippen LogP contribution in [-0.4, -0.2) is 37.0 Å². The minimum atomic E-state index is -1.10. The Morgan fingerprint density at radius 2 is 1.71 bits per heavy atom. The molecule has 9 heteroatoms. The third-order valence-electron chi connectivity index (χ3n) is 5.32. The summed E-state index contributed by atoms with van der Waals surface area (Å²) in [6.07, 6.45) is -0.289. The molecule has 3 amide bonds. The minimum Gasteiger partial charge on any atom is -0.492 e. The lowest BCUT2D eigenvalue weighted by molar-refractivity contribution is -0.127. The van der Waals surface area contributed by atoms with Crippen LogP contribution in [0.2, 0.25) is 0 Å². The molecule has 0 saturated heterocycles. The molecule has 1 aliphatic heterocycles. The average Bonchev–Trinajstić information content (AvgIpc) is 2.85. The highest BCUT2D eigenvalue weighted by molar-refractivity contribution is 6.14. The second kappa shape index (κ2) is 10.7. The number of benzene rings is 3. The summed E-state index contributed by atoms with van der Waals surface area (Å²) in [6, 6.07) is 17.9. The summed E-state index contributed by atoms with van der Waals surface area (Å²) in [5.41, 5.74) is 1.37. The standard InChI is InChI=1S/C26H24FN3O5/c1-2-34-23-10-6-4-8-20(23)28-24(31)15-22-26(33)29-19-7-3-5-9-21(19)30(22)25(32)16-35-18-13-11-17(27)12-14-18/h3-14,22H,2,15-16H2,1H3,(H,28,31)(H,29,33)/t22-/m0/s1. The summed E-state index contributed by atoms with van der Waals surface area (Å²) < 4.78 is 24.2. The molecule has 180 valence electrons. The van der Waals surface area contributed by atoms with Gasteiger partial charge in [-0.15, -0.1) is 0 Å². The molecular formula is C26H24FN3O5. The van der Waals surface area contributed by atoms with E-state index < -0.39 is 36.2 Å². The Morgan fingerprint density at radius 3 is 2.49 bits per heavy atom. The number of para-hydroxylation sites is 4. The van der Waals surface area contributed by atoms with Crippen LogP contribution in [-0.2, 0) is 14.4 Å². The molecular weight excluding hydrogens is 453 g/mol. The van der Waals surface area contributed by atoms with Crippen molar-refractivity contribution in [2.24, 2.45) is 0 Å². The summed E-state index contributed by atoms with van der Waals surface area (Å²) >= 11 is 0. The van der Waals surface area contributed by atoms with E-state index in [1.807, 2.05) is 6.92 Å². The molecule has 8 nitrogen and oxygen atoms in total. The van der Waals surface area contributed by atoms with Crippen LogP contribution in [0.4, 0.5) is 21.5 Å². The number of halogens is 1. The first-order valence-corrected chi connectivity index (χ1v) is 11.1. The van der Waals surface area contributed by atoms with Crippen molar-refractivity contribution < 1.29 is 28.2 Å². The van der Waals surface area contributed by atoms with Crippen LogP contribution in [0, 0.1) is 5.82 Å². The van der Waals surface area contributed by atoms with Crippen LogP contribution in [0.3, 0.4) is 0 Å². The molecule has 0 saturated carbocycles. The number of hydrogen-bond donors (Lipinski definition) is 2. The van der Waals surface area contributed by atoms with Gasteiger partial charge in [0.15, 0.2) is 6.61 Å². The van der Waals surface area contributed by atoms with E-state index in [1.165, 1.54) is 29.2 Å². The summed E-state index contributed by atoms with van der Waals surface area (Å²) in [6.45, 7) is 1.85. The van der Waals surface area contributed by atoms with Gasteiger partial charge in [0.25, 0.3) is 5.91 Å². The normalized spacial score (nSPS) is 14.5. The molecule has 0 bridgehead atoms. The van der Waals surface area contributed by atoms with Crippen molar-refractivity contribution in [3.63, 3.8) is 0 Å². The molecule has 0 radical (unpaired) electrons. The van der Waals surface area contributed by atoms with Crippen LogP contribution in [0.25, 0.3) is 0 Å². The number of carbonyl (C=O) groups excluding carboxylic acids is 3. The fourth-order valence-electron chi connectivity index (χ4n) is 3.76. The summed E-state index contributed by atoms with van der Waals surface area (Å²) in [4.78, 5) is 40.4. The van der Waals surface area contributed by atoms with Crippen molar-refractivity contribution in [1.82, 2.24) is 0 Å². The Kier molecular flexibility index (Phi) is 7.25. The van der Waals surface area contributed by atoms with Gasteiger partial charge in [0.05, 0.1) is 30.1 Å². The van der Waals surface area contributed by atoms with Crippen LogP contribution in [0.1, 0.15) is 13.3 Å². The third kappa shape index (κ3) is 5.57. The Bertz CT molecular complexity index is 1230. The van der Waals surface area contributed by atoms with Gasteiger partial charge in [-0.25, -0.2) is 4.39 Å². The molecule has 0 unspecified atom stereocenters. The molecule has 0 spiro atoms. The van der Waals surface area contributed by atoms with E-state index in [-0.39, 0.29) is 6.42 Å². The number of anilines is 3. The molecule has 0 aromatic heterocycles. The van der Waals surface area contributed by atoms with E-state index in [4.69, 9.17) is 9.47 Å². The quantitative estimate of drug-likeness (QED) is 0.512. The predicted molar refractivity (Wildman–Crippen MR) is 129 cm³/mol. The van der Waals surface area contributed by atoms with Gasteiger partial charge in [-0.3, -0.25) is 19.3 Å². The van der Waals surface area contributed by atoms with E-state index in [2.05, 4.69) is 10.6 Å². The molecule has 3 aromatic rings. The summed E-state index contributed by atoms with van der Waals surface area (Å²) in [7, 11) is 0. The van der Waals surface area contributed by atoms with Gasteiger partial charge in [-0.1, -0.05) is 24.3 Å². The predicted octanol–water partition coefficient (Wildman–Crippen LogP) is 3.99. The first kappa shape index (κ1) is 23.7. The van der Waals surface area contributed by atoms with Gasteiger partial charge >= 0.3 is 0 Å². The SMILES string of the molecule is CCOc1ccccc1NC(=O)C[C@H]1C(=O)Nc2ccccc2N1C(=O)COc1ccc(F)cc1. The van der Waals surface area contributed by atoms with E-state index >= 15 is 0 Å². The van der Waals surface area contributed by atoms with E-state index in [9.17, 15) is 18.8 Å². The molecule has 1 aliphatic rings. The van der Waals surface area contributed by atoms with E-state index in [1.54, 1.807) is 48.5 Å². The Morgan fingerprint density at radius 1 is 1.00 bits per heavy atom. The van der Waals surface area contributed by atoms with Gasteiger partial charge in [0.1, 0.15) is 23.4 Å². The fourth-order valence-corrected chi connectivity index (χ4v) is 3.76. The maximum Gasteiger partial charge on any atom is 0.265 e. The number of nitrogens with one attached hydrogen (secondary N) is 2. The lowest BCUT2D eigenvalue weighted by Gasteiger charge is -2.36. The molecule has 35 heavy (non-hydrogen) atoms. The van der Waals surface area contributed by atoms with Crippen LogP contribution in [0.5, 0.6) is 11.5 Å². The second-order valence-electron chi connectivity index (χ2n) is 7.71. The molecule has 0 aliphatic carbocycles. The zero-order valence-corrected chi connectivity index (χ0v) is 19.0. The van der Waals surface area contributed by atoms with Gasteiger partial charge in [-0.05, 0) is 55.5 Å². The smallest absolute Gasteiger partial charge is 0.265 e. The van der Waals surface area contributed by atoms with Crippen molar-refractivity contribution in [3.8, 4) is 11.5 Å². The zero-order valence-electron chi connectivity index (χ0n) is 19.0. The van der Waals surface area contributed by atoms with Crippen molar-refractivity contribution in [2.45, 2.75) is 19.4 Å². The third-order valence-corrected chi connectivity index (χ3v) is 5.32. The first-order valence-electron chi connectivity index (χ1n) is 11.1. The average molecular weight is 477 g/mol. The minimum absolute atomic E-state index is 0.289. The second-order valence-corrected chi connectivity index (χ2v) is 7.71. The molecule has 1 heterocycles. The number of carbonyl (C=O) groups is 3. The molecule has 4 rings (SSSR count). The van der Waals surface area contributed by atoms with Crippen molar-refractivity contribution in [1.29, 1.82) is 0 Å². The first-order chi connectivity index (χ1) is 17.0. The highest BCUT2D eigenvalue weighted by atomic mass is 19.1. The summed E-state index contributed by atoms with van der Waals surface area (Å²) in [5.74, 6) is -1.11. The van der Waals surface area contributed by atoms with Gasteiger partial charge in [0, 0.05) is 0 Å². The van der Waals surface area contributed by atoms with Crippen molar-refractivity contribution in [3.05, 3.63) is 78.6 Å². The molecule has 0 fully saturated rings. The maximum absolute atomic E-state index is 13.2. The lowest BCUT2D eigenvalue weighted by atomic mass is 10.0. The highest BCUT2D eigenvalue weighted by Gasteiger charge is 2.38. The van der Waals surface area contributed by atoms with E-state index in [0.717, 1.165) is 0 Å². The van der Waals surface area contributed by atoms with Crippen LogP contribution in [0.15, 0.2) is 72.8 Å². The highest BCUT2D eigenvalue weighted by Crippen LogP contribution is 2.33. The summed E-state index contributed by atoms with van der Waals surface area (Å²) in [5, 5.41) is 5.52. The largest absolute Gasteiger partial charge is 0.492 e. The Hall–Kier alpha value is -4.40. The zero-order chi connectivity index (χ0) is 24.8. The number of hydrogen-bond acceptors (Lipinski definition) is 5. The number of amides is 3. The number of nitrogens with zero attached hydrogens (tertiary/aromatic N) is 1. The molecule has 2 N–H and O–H groups in total. The maximum atomic E-state index is 13.2. The lowest BCUT2D eigenvalue weighted by Crippen LogP contribution is -2.53. The Balaban J connectivity index is 1.54. The number of ether oxygens (including phenoxy) is 2. The molecule has 1 atom stereocenters.